The van der Waals surface area contributed by atoms with Gasteiger partial charge >= 0.3 is 10.1 Å². The number of aryl methyl sites for hydroxylation is 1. The number of aromatic nitrogens is 2. The molecule has 0 N–H and O–H groups in total. The minimum Gasteiger partial charge on any atom is -0.379 e. The first-order chi connectivity index (χ1) is 15.0. The first-order valence-corrected chi connectivity index (χ1v) is 11.0. The molecule has 1 aromatic heterocycles. The zero-order chi connectivity index (χ0) is 21.8. The average molecular weight is 433 g/mol. The molecule has 0 aliphatic rings. The van der Waals surface area contributed by atoms with Gasteiger partial charge in [-0.15, -0.1) is 0 Å². The highest BCUT2D eigenvalue weighted by atomic mass is 32.2. The molecule has 8 heteroatoms. The number of benzene rings is 3. The van der Waals surface area contributed by atoms with Gasteiger partial charge in [0.1, 0.15) is 16.5 Å². The van der Waals surface area contributed by atoms with Gasteiger partial charge in [0.2, 0.25) is 0 Å². The van der Waals surface area contributed by atoms with Crippen LogP contribution in [0.4, 0.5) is 0 Å². The molecule has 0 radical (unpaired) electrons. The molecule has 0 bridgehead atoms. The SMILES string of the molecule is CCc1nc2ccccc2c(=O)n1/N=C/c1ccc(OS(=O)(=O)c2ccccc2)cc1. The Balaban J connectivity index is 1.59. The summed E-state index contributed by atoms with van der Waals surface area (Å²) >= 11 is 0. The molecule has 0 saturated heterocycles. The summed E-state index contributed by atoms with van der Waals surface area (Å²) in [6.07, 6.45) is 2.06. The first-order valence-electron chi connectivity index (χ1n) is 9.62. The molecular formula is C23H19N3O4S. The summed E-state index contributed by atoms with van der Waals surface area (Å²) in [6, 6.07) is 21.4. The molecule has 0 aliphatic heterocycles. The Labute approximate surface area is 179 Å². The lowest BCUT2D eigenvalue weighted by Gasteiger charge is -2.08. The van der Waals surface area contributed by atoms with E-state index in [1.54, 1.807) is 48.5 Å². The first kappa shape index (κ1) is 20.5. The zero-order valence-corrected chi connectivity index (χ0v) is 17.5. The standard InChI is InChI=1S/C23H19N3O4S/c1-2-22-25-21-11-7-6-10-20(21)23(27)26(22)24-16-17-12-14-18(15-13-17)30-31(28,29)19-8-4-3-5-9-19/h3-16H,2H2,1H3/b24-16+. The van der Waals surface area contributed by atoms with Crippen LogP contribution in [0.15, 0.2) is 93.7 Å². The van der Waals surface area contributed by atoms with Gasteiger partial charge in [-0.2, -0.15) is 18.2 Å². The summed E-state index contributed by atoms with van der Waals surface area (Å²) in [5, 5.41) is 4.80. The van der Waals surface area contributed by atoms with Gasteiger partial charge in [0.05, 0.1) is 17.1 Å². The van der Waals surface area contributed by atoms with E-state index in [0.717, 1.165) is 0 Å². The summed E-state index contributed by atoms with van der Waals surface area (Å²) < 4.78 is 31.1. The molecule has 7 nitrogen and oxygen atoms in total. The van der Waals surface area contributed by atoms with E-state index in [1.165, 1.54) is 35.2 Å². The van der Waals surface area contributed by atoms with Gasteiger partial charge in [-0.1, -0.05) is 37.3 Å². The fourth-order valence-electron chi connectivity index (χ4n) is 3.01. The van der Waals surface area contributed by atoms with Gasteiger partial charge in [-0.25, -0.2) is 4.98 Å². The summed E-state index contributed by atoms with van der Waals surface area (Å²) in [6.45, 7) is 1.90. The van der Waals surface area contributed by atoms with Crippen molar-refractivity contribution in [3.8, 4) is 5.75 Å². The summed E-state index contributed by atoms with van der Waals surface area (Å²) in [7, 11) is -3.90. The van der Waals surface area contributed by atoms with E-state index in [-0.39, 0.29) is 16.2 Å². The molecule has 4 rings (SSSR count). The Bertz CT molecular complexity index is 1410. The zero-order valence-electron chi connectivity index (χ0n) is 16.7. The topological polar surface area (TPSA) is 90.6 Å². The third kappa shape index (κ3) is 4.39. The number of rotatable bonds is 6. The lowest BCUT2D eigenvalue weighted by molar-refractivity contribution is 0.486. The quantitative estimate of drug-likeness (QED) is 0.342. The van der Waals surface area contributed by atoms with Gasteiger partial charge in [-0.05, 0) is 54.1 Å². The Hall–Kier alpha value is -3.78. The third-order valence-electron chi connectivity index (χ3n) is 4.58. The minimum atomic E-state index is -3.90. The maximum atomic E-state index is 12.8. The van der Waals surface area contributed by atoms with Crippen molar-refractivity contribution in [2.75, 3.05) is 0 Å². The molecule has 4 aromatic rings. The van der Waals surface area contributed by atoms with Crippen LogP contribution in [0.2, 0.25) is 0 Å². The Kier molecular flexibility index (Phi) is 5.64. The normalized spacial score (nSPS) is 11.8. The van der Waals surface area contributed by atoms with Crippen molar-refractivity contribution in [2.24, 2.45) is 5.10 Å². The third-order valence-corrected chi connectivity index (χ3v) is 5.84. The smallest absolute Gasteiger partial charge is 0.339 e. The van der Waals surface area contributed by atoms with Gasteiger partial charge in [0, 0.05) is 6.42 Å². The van der Waals surface area contributed by atoms with E-state index in [1.807, 2.05) is 13.0 Å². The van der Waals surface area contributed by atoms with Gasteiger partial charge < -0.3 is 4.18 Å². The second-order valence-corrected chi connectivity index (χ2v) is 8.23. The van der Waals surface area contributed by atoms with Crippen LogP contribution in [-0.2, 0) is 16.5 Å². The van der Waals surface area contributed by atoms with E-state index in [0.29, 0.717) is 28.7 Å². The molecular weight excluding hydrogens is 414 g/mol. The molecule has 1 heterocycles. The molecule has 0 spiro atoms. The van der Waals surface area contributed by atoms with Crippen LogP contribution >= 0.6 is 0 Å². The molecule has 0 unspecified atom stereocenters. The number of hydrogen-bond donors (Lipinski definition) is 0. The lowest BCUT2D eigenvalue weighted by atomic mass is 10.2. The fourth-order valence-corrected chi connectivity index (χ4v) is 3.96. The van der Waals surface area contributed by atoms with Crippen LogP contribution in [0.5, 0.6) is 5.75 Å². The second-order valence-electron chi connectivity index (χ2n) is 6.68. The Morgan fingerprint density at radius 3 is 2.35 bits per heavy atom. The van der Waals surface area contributed by atoms with Crippen LogP contribution in [-0.4, -0.2) is 24.3 Å². The average Bonchev–Trinajstić information content (AvgIpc) is 2.79. The highest BCUT2D eigenvalue weighted by Gasteiger charge is 2.15. The van der Waals surface area contributed by atoms with Crippen molar-refractivity contribution in [2.45, 2.75) is 18.2 Å². The maximum Gasteiger partial charge on any atom is 0.339 e. The summed E-state index contributed by atoms with van der Waals surface area (Å²) in [4.78, 5) is 17.4. The molecule has 3 aromatic carbocycles. The molecule has 0 saturated carbocycles. The van der Waals surface area contributed by atoms with E-state index < -0.39 is 10.1 Å². The minimum absolute atomic E-state index is 0.0795. The van der Waals surface area contributed by atoms with Crippen LogP contribution in [0.1, 0.15) is 18.3 Å². The number of nitrogens with zero attached hydrogens (tertiary/aromatic N) is 3. The predicted octanol–water partition coefficient (Wildman–Crippen LogP) is 3.61. The molecule has 156 valence electrons. The fraction of sp³-hybridized carbons (Fsp3) is 0.0870. The number of hydrogen-bond acceptors (Lipinski definition) is 6. The summed E-state index contributed by atoms with van der Waals surface area (Å²) in [5.41, 5.74) is 1.07. The van der Waals surface area contributed by atoms with Crippen molar-refractivity contribution in [3.05, 3.63) is 101 Å². The van der Waals surface area contributed by atoms with E-state index in [4.69, 9.17) is 4.18 Å². The largest absolute Gasteiger partial charge is 0.379 e. The second kappa shape index (κ2) is 8.53. The Morgan fingerprint density at radius 1 is 0.968 bits per heavy atom. The maximum absolute atomic E-state index is 12.8. The number of para-hydroxylation sites is 1. The molecule has 0 atom stereocenters. The highest BCUT2D eigenvalue weighted by molar-refractivity contribution is 7.87. The van der Waals surface area contributed by atoms with Gasteiger partial charge in [-0.3, -0.25) is 4.79 Å². The van der Waals surface area contributed by atoms with E-state index in [2.05, 4.69) is 10.1 Å². The van der Waals surface area contributed by atoms with Gasteiger partial charge in [0.25, 0.3) is 5.56 Å². The Morgan fingerprint density at radius 2 is 1.65 bits per heavy atom. The monoisotopic (exact) mass is 433 g/mol. The number of fused-ring (bicyclic) bond motifs is 1. The molecule has 0 aliphatic carbocycles. The summed E-state index contributed by atoms with van der Waals surface area (Å²) in [5.74, 6) is 0.730. The van der Waals surface area contributed by atoms with E-state index >= 15 is 0 Å². The van der Waals surface area contributed by atoms with Gasteiger partial charge in [0.15, 0.2) is 0 Å². The van der Waals surface area contributed by atoms with Crippen LogP contribution in [0.3, 0.4) is 0 Å². The van der Waals surface area contributed by atoms with E-state index in [9.17, 15) is 13.2 Å². The van der Waals surface area contributed by atoms with Crippen molar-refractivity contribution in [1.82, 2.24) is 9.66 Å². The lowest BCUT2D eigenvalue weighted by Crippen LogP contribution is -2.22. The predicted molar refractivity (Wildman–Crippen MR) is 119 cm³/mol. The van der Waals surface area contributed by atoms with Crippen molar-refractivity contribution >= 4 is 27.2 Å². The van der Waals surface area contributed by atoms with Crippen molar-refractivity contribution in [3.63, 3.8) is 0 Å². The van der Waals surface area contributed by atoms with Crippen LogP contribution in [0, 0.1) is 0 Å². The van der Waals surface area contributed by atoms with Crippen LogP contribution < -0.4 is 9.74 Å². The van der Waals surface area contributed by atoms with Crippen molar-refractivity contribution in [1.29, 1.82) is 0 Å². The molecule has 0 fully saturated rings. The molecule has 0 amide bonds. The van der Waals surface area contributed by atoms with Crippen molar-refractivity contribution < 1.29 is 12.6 Å². The van der Waals surface area contributed by atoms with Crippen LogP contribution in [0.25, 0.3) is 10.9 Å². The molecule has 31 heavy (non-hydrogen) atoms. The highest BCUT2D eigenvalue weighted by Crippen LogP contribution is 2.18.